The first-order valence-corrected chi connectivity index (χ1v) is 8.93. The molecular formula is C21H25N3O2. The van der Waals surface area contributed by atoms with Crippen LogP contribution < -0.4 is 10.6 Å². The van der Waals surface area contributed by atoms with Gasteiger partial charge in [-0.2, -0.15) is 0 Å². The number of rotatable bonds is 4. The lowest BCUT2D eigenvalue weighted by atomic mass is 10.1. The maximum absolute atomic E-state index is 12.4. The van der Waals surface area contributed by atoms with Gasteiger partial charge in [0.05, 0.1) is 12.1 Å². The lowest BCUT2D eigenvalue weighted by Crippen LogP contribution is -2.40. The molecule has 1 aliphatic rings. The molecule has 2 atom stereocenters. The van der Waals surface area contributed by atoms with Crippen molar-refractivity contribution in [2.75, 3.05) is 11.9 Å². The number of anilines is 1. The van der Waals surface area contributed by atoms with E-state index >= 15 is 0 Å². The number of nitrogens with one attached hydrogen (secondary N) is 2. The van der Waals surface area contributed by atoms with E-state index in [9.17, 15) is 9.59 Å². The Balaban J connectivity index is 1.60. The number of aryl methyl sites for hydroxylation is 2. The Morgan fingerprint density at radius 2 is 1.88 bits per heavy atom. The smallest absolute Gasteiger partial charge is 0.319 e. The van der Waals surface area contributed by atoms with Crippen LogP contribution in [0.3, 0.4) is 0 Å². The van der Waals surface area contributed by atoms with Gasteiger partial charge in [-0.25, -0.2) is 4.79 Å². The highest BCUT2D eigenvalue weighted by Crippen LogP contribution is 2.25. The minimum atomic E-state index is -0.272. The van der Waals surface area contributed by atoms with Crippen LogP contribution in [-0.2, 0) is 4.79 Å². The zero-order valence-corrected chi connectivity index (χ0v) is 15.5. The molecular weight excluding hydrogens is 326 g/mol. The summed E-state index contributed by atoms with van der Waals surface area (Å²) in [5, 5.41) is 5.82. The van der Waals surface area contributed by atoms with Crippen LogP contribution in [-0.4, -0.2) is 29.4 Å². The molecule has 0 spiro atoms. The summed E-state index contributed by atoms with van der Waals surface area (Å²) < 4.78 is 0. The Labute approximate surface area is 154 Å². The topological polar surface area (TPSA) is 61.4 Å². The molecule has 1 fully saturated rings. The van der Waals surface area contributed by atoms with Crippen molar-refractivity contribution >= 4 is 17.6 Å². The highest BCUT2D eigenvalue weighted by molar-refractivity contribution is 5.91. The summed E-state index contributed by atoms with van der Waals surface area (Å²) in [6.45, 7) is 6.49. The molecule has 1 aliphatic heterocycles. The molecule has 0 aromatic heterocycles. The number of likely N-dealkylation sites (tertiary alicyclic amines) is 1. The summed E-state index contributed by atoms with van der Waals surface area (Å²) in [7, 11) is 0. The second-order valence-corrected chi connectivity index (χ2v) is 6.95. The van der Waals surface area contributed by atoms with E-state index in [0.717, 1.165) is 22.4 Å². The van der Waals surface area contributed by atoms with E-state index in [2.05, 4.69) is 10.6 Å². The maximum Gasteiger partial charge on any atom is 0.319 e. The van der Waals surface area contributed by atoms with Crippen molar-refractivity contribution in [1.29, 1.82) is 0 Å². The standard InChI is InChI=1S/C21H25N3O2/c1-14-9-10-15(2)19(11-14)23-21(26)22-18-12-20(25)24(13-18)16(3)17-7-5-4-6-8-17/h4-11,16,18H,12-13H2,1-3H3,(H2,22,23,26). The van der Waals surface area contributed by atoms with Crippen LogP contribution in [0.1, 0.15) is 36.1 Å². The van der Waals surface area contributed by atoms with E-state index in [1.807, 2.05) is 74.2 Å². The summed E-state index contributed by atoms with van der Waals surface area (Å²) in [5.74, 6) is 0.0680. The number of carbonyl (C=O) groups excluding carboxylic acids is 2. The molecule has 0 radical (unpaired) electrons. The van der Waals surface area contributed by atoms with Gasteiger partial charge in [-0.1, -0.05) is 42.5 Å². The summed E-state index contributed by atoms with van der Waals surface area (Å²) in [5.41, 5.74) is 3.99. The molecule has 1 heterocycles. The Morgan fingerprint density at radius 3 is 2.62 bits per heavy atom. The predicted octanol–water partition coefficient (Wildman–Crippen LogP) is 3.79. The SMILES string of the molecule is Cc1ccc(C)c(NC(=O)NC2CC(=O)N(C(C)c3ccccc3)C2)c1. The molecule has 0 bridgehead atoms. The fraction of sp³-hybridized carbons (Fsp3) is 0.333. The van der Waals surface area contributed by atoms with Crippen molar-refractivity contribution in [1.82, 2.24) is 10.2 Å². The Hall–Kier alpha value is -2.82. The summed E-state index contributed by atoms with van der Waals surface area (Å²) in [6, 6.07) is 15.4. The van der Waals surface area contributed by atoms with Crippen LogP contribution in [0, 0.1) is 13.8 Å². The Morgan fingerprint density at radius 1 is 1.15 bits per heavy atom. The van der Waals surface area contributed by atoms with E-state index in [1.54, 1.807) is 0 Å². The third kappa shape index (κ3) is 4.04. The second kappa shape index (κ2) is 7.60. The third-order valence-corrected chi connectivity index (χ3v) is 4.88. The first-order valence-electron chi connectivity index (χ1n) is 8.93. The van der Waals surface area contributed by atoms with Gasteiger partial charge in [-0.15, -0.1) is 0 Å². The molecule has 0 aliphatic carbocycles. The zero-order valence-electron chi connectivity index (χ0n) is 15.5. The van der Waals surface area contributed by atoms with Crippen LogP contribution in [0.4, 0.5) is 10.5 Å². The Kier molecular flexibility index (Phi) is 5.26. The van der Waals surface area contributed by atoms with E-state index in [4.69, 9.17) is 0 Å². The number of amides is 3. The van der Waals surface area contributed by atoms with Crippen molar-refractivity contribution in [3.05, 3.63) is 65.2 Å². The van der Waals surface area contributed by atoms with Gasteiger partial charge in [0.15, 0.2) is 0 Å². The molecule has 5 heteroatoms. The molecule has 2 N–H and O–H groups in total. The maximum atomic E-state index is 12.4. The van der Waals surface area contributed by atoms with Gasteiger partial charge < -0.3 is 15.5 Å². The number of urea groups is 1. The Bertz CT molecular complexity index is 804. The monoisotopic (exact) mass is 351 g/mol. The molecule has 26 heavy (non-hydrogen) atoms. The molecule has 5 nitrogen and oxygen atoms in total. The average Bonchev–Trinajstić information content (AvgIpc) is 2.98. The van der Waals surface area contributed by atoms with Gasteiger partial charge >= 0.3 is 6.03 Å². The summed E-state index contributed by atoms with van der Waals surface area (Å²) in [4.78, 5) is 26.6. The molecule has 3 amide bonds. The first-order chi connectivity index (χ1) is 12.4. The zero-order chi connectivity index (χ0) is 18.7. The molecule has 136 valence electrons. The second-order valence-electron chi connectivity index (χ2n) is 6.95. The van der Waals surface area contributed by atoms with E-state index in [1.165, 1.54) is 0 Å². The molecule has 2 unspecified atom stereocenters. The van der Waals surface area contributed by atoms with E-state index in [-0.39, 0.29) is 24.0 Å². The van der Waals surface area contributed by atoms with Gasteiger partial charge in [0.25, 0.3) is 0 Å². The molecule has 2 aromatic rings. The van der Waals surface area contributed by atoms with Crippen LogP contribution in [0.5, 0.6) is 0 Å². The average molecular weight is 351 g/mol. The summed E-state index contributed by atoms with van der Waals surface area (Å²) >= 11 is 0. The molecule has 3 rings (SSSR count). The van der Waals surface area contributed by atoms with Crippen LogP contribution in [0.15, 0.2) is 48.5 Å². The minimum absolute atomic E-state index is 0.00224. The van der Waals surface area contributed by atoms with Crippen molar-refractivity contribution in [2.24, 2.45) is 0 Å². The van der Waals surface area contributed by atoms with Crippen LogP contribution in [0.2, 0.25) is 0 Å². The molecule has 0 saturated carbocycles. The van der Waals surface area contributed by atoms with Gasteiger partial charge in [-0.05, 0) is 43.5 Å². The fourth-order valence-corrected chi connectivity index (χ4v) is 3.33. The largest absolute Gasteiger partial charge is 0.334 e. The fourth-order valence-electron chi connectivity index (χ4n) is 3.33. The third-order valence-electron chi connectivity index (χ3n) is 4.88. The van der Waals surface area contributed by atoms with E-state index in [0.29, 0.717) is 13.0 Å². The normalized spacial score (nSPS) is 17.9. The first kappa shape index (κ1) is 18.0. The predicted molar refractivity (Wildman–Crippen MR) is 103 cm³/mol. The van der Waals surface area contributed by atoms with Gasteiger partial charge in [-0.3, -0.25) is 4.79 Å². The highest BCUT2D eigenvalue weighted by atomic mass is 16.2. The van der Waals surface area contributed by atoms with Crippen molar-refractivity contribution < 1.29 is 9.59 Å². The van der Waals surface area contributed by atoms with Crippen molar-refractivity contribution in [3.8, 4) is 0 Å². The van der Waals surface area contributed by atoms with Gasteiger partial charge in [0.1, 0.15) is 0 Å². The van der Waals surface area contributed by atoms with Gasteiger partial charge in [0.2, 0.25) is 5.91 Å². The number of hydrogen-bond acceptors (Lipinski definition) is 2. The highest BCUT2D eigenvalue weighted by Gasteiger charge is 2.33. The van der Waals surface area contributed by atoms with Crippen molar-refractivity contribution in [2.45, 2.75) is 39.3 Å². The minimum Gasteiger partial charge on any atom is -0.334 e. The molecule has 1 saturated heterocycles. The number of benzene rings is 2. The molecule has 2 aromatic carbocycles. The van der Waals surface area contributed by atoms with Gasteiger partial charge in [0, 0.05) is 18.7 Å². The lowest BCUT2D eigenvalue weighted by Gasteiger charge is -2.25. The number of hydrogen-bond donors (Lipinski definition) is 2. The van der Waals surface area contributed by atoms with E-state index < -0.39 is 0 Å². The lowest BCUT2D eigenvalue weighted by molar-refractivity contribution is -0.129. The number of carbonyl (C=O) groups is 2. The van der Waals surface area contributed by atoms with Crippen molar-refractivity contribution in [3.63, 3.8) is 0 Å². The van der Waals surface area contributed by atoms with Crippen LogP contribution >= 0.6 is 0 Å². The number of nitrogens with zero attached hydrogens (tertiary/aromatic N) is 1. The van der Waals surface area contributed by atoms with Crippen LogP contribution in [0.25, 0.3) is 0 Å². The summed E-state index contributed by atoms with van der Waals surface area (Å²) in [6.07, 6.45) is 0.331. The quantitative estimate of drug-likeness (QED) is 0.880.